The minimum atomic E-state index is -3.28. The van der Waals surface area contributed by atoms with E-state index in [4.69, 9.17) is 4.42 Å². The maximum atomic E-state index is 12.3. The summed E-state index contributed by atoms with van der Waals surface area (Å²) in [7, 11) is -3.28. The smallest absolute Gasteiger partial charge is 0.235 e. The summed E-state index contributed by atoms with van der Waals surface area (Å²) in [5.74, 6) is 0.804. The number of hydrogen-bond acceptors (Lipinski definition) is 4. The van der Waals surface area contributed by atoms with Gasteiger partial charge in [0.25, 0.3) is 0 Å². The van der Waals surface area contributed by atoms with Gasteiger partial charge in [0.1, 0.15) is 5.76 Å². The molecule has 2 heterocycles. The Morgan fingerprint density at radius 2 is 2.12 bits per heavy atom. The van der Waals surface area contributed by atoms with Gasteiger partial charge < -0.3 is 9.73 Å². The second-order valence-corrected chi connectivity index (χ2v) is 8.24. The zero-order valence-electron chi connectivity index (χ0n) is 14.2. The molecule has 1 fully saturated rings. The van der Waals surface area contributed by atoms with Gasteiger partial charge in [-0.2, -0.15) is 0 Å². The van der Waals surface area contributed by atoms with Gasteiger partial charge in [-0.3, -0.25) is 9.10 Å². The lowest BCUT2D eigenvalue weighted by atomic mass is 10.1. The second kappa shape index (κ2) is 7.31. The van der Waals surface area contributed by atoms with E-state index in [1.165, 1.54) is 4.31 Å². The molecule has 1 N–H and O–H groups in total. The number of rotatable bonds is 5. The normalized spacial score (nSPS) is 16.6. The van der Waals surface area contributed by atoms with E-state index in [1.54, 1.807) is 24.5 Å². The number of carbonyl (C=O) groups excluding carboxylic acids is 1. The molecule has 7 heteroatoms. The number of nitrogens with zero attached hydrogens (tertiary/aromatic N) is 1. The Balaban J connectivity index is 1.71. The first-order chi connectivity index (χ1) is 12.0. The lowest BCUT2D eigenvalue weighted by Gasteiger charge is -2.29. The summed E-state index contributed by atoms with van der Waals surface area (Å²) in [6.07, 6.45) is 3.95. The fourth-order valence-electron chi connectivity index (χ4n) is 2.93. The predicted molar refractivity (Wildman–Crippen MR) is 97.2 cm³/mol. The predicted octanol–water partition coefficient (Wildman–Crippen LogP) is 3.09. The van der Waals surface area contributed by atoms with Crippen molar-refractivity contribution in [2.24, 2.45) is 0 Å². The van der Waals surface area contributed by atoms with Gasteiger partial charge in [0.05, 0.1) is 17.7 Å². The Labute approximate surface area is 147 Å². The molecule has 0 radical (unpaired) electrons. The van der Waals surface area contributed by atoms with E-state index in [9.17, 15) is 13.2 Å². The van der Waals surface area contributed by atoms with Gasteiger partial charge in [-0.05, 0) is 49.6 Å². The Morgan fingerprint density at radius 3 is 2.84 bits per heavy atom. The number of benzene rings is 1. The molecule has 0 atom stereocenters. The lowest BCUT2D eigenvalue weighted by Crippen LogP contribution is -2.38. The number of furan rings is 1. The van der Waals surface area contributed by atoms with Crippen LogP contribution in [0.3, 0.4) is 0 Å². The van der Waals surface area contributed by atoms with E-state index in [1.807, 2.05) is 19.1 Å². The average molecular weight is 362 g/mol. The first kappa shape index (κ1) is 17.5. The van der Waals surface area contributed by atoms with E-state index >= 15 is 0 Å². The molecule has 1 amide bonds. The summed E-state index contributed by atoms with van der Waals surface area (Å²) in [5, 5.41) is 2.84. The minimum absolute atomic E-state index is 0.132. The van der Waals surface area contributed by atoms with Gasteiger partial charge in [-0.1, -0.05) is 6.07 Å². The van der Waals surface area contributed by atoms with Crippen LogP contribution in [0.1, 0.15) is 30.6 Å². The van der Waals surface area contributed by atoms with Gasteiger partial charge in [0.2, 0.25) is 15.9 Å². The molecular formula is C18H22N2O4S. The fraction of sp³-hybridized carbons (Fsp3) is 0.389. The van der Waals surface area contributed by atoms with Crippen molar-refractivity contribution >= 4 is 27.3 Å². The van der Waals surface area contributed by atoms with Crippen LogP contribution in [-0.2, 0) is 21.2 Å². The second-order valence-electron chi connectivity index (χ2n) is 6.22. The molecule has 0 aliphatic carbocycles. The fourth-order valence-corrected chi connectivity index (χ4v) is 4.62. The van der Waals surface area contributed by atoms with Crippen LogP contribution in [0.5, 0.6) is 0 Å². The molecule has 0 saturated carbocycles. The molecule has 3 rings (SSSR count). The molecule has 6 nitrogen and oxygen atoms in total. The molecule has 1 aromatic carbocycles. The first-order valence-corrected chi connectivity index (χ1v) is 10.00. The number of carbonyl (C=O) groups is 1. The van der Waals surface area contributed by atoms with Crippen molar-refractivity contribution in [3.05, 3.63) is 47.9 Å². The Bertz CT molecular complexity index is 844. The van der Waals surface area contributed by atoms with Crippen LogP contribution in [0.2, 0.25) is 0 Å². The Hall–Kier alpha value is -2.28. The molecule has 0 bridgehead atoms. The molecule has 1 aromatic heterocycles. The zero-order valence-corrected chi connectivity index (χ0v) is 15.0. The average Bonchev–Trinajstić information content (AvgIpc) is 3.08. The van der Waals surface area contributed by atoms with E-state index in [-0.39, 0.29) is 11.7 Å². The van der Waals surface area contributed by atoms with Crippen molar-refractivity contribution in [3.63, 3.8) is 0 Å². The Morgan fingerprint density at radius 1 is 1.28 bits per heavy atom. The monoisotopic (exact) mass is 362 g/mol. The van der Waals surface area contributed by atoms with E-state index < -0.39 is 10.0 Å². The lowest BCUT2D eigenvalue weighted by molar-refractivity contribution is -0.116. The van der Waals surface area contributed by atoms with Crippen molar-refractivity contribution in [3.8, 4) is 0 Å². The summed E-state index contributed by atoms with van der Waals surface area (Å²) in [6, 6.07) is 8.99. The number of aryl methyl sites for hydroxylation is 2. The van der Waals surface area contributed by atoms with Crippen LogP contribution >= 0.6 is 0 Å². The zero-order chi connectivity index (χ0) is 17.9. The molecule has 1 saturated heterocycles. The quantitative estimate of drug-likeness (QED) is 0.886. The minimum Gasteiger partial charge on any atom is -0.469 e. The van der Waals surface area contributed by atoms with Crippen LogP contribution in [0.25, 0.3) is 0 Å². The van der Waals surface area contributed by atoms with Gasteiger partial charge >= 0.3 is 0 Å². The standard InChI is InChI=1S/C18H22N2O4S/c1-14-6-7-15(19-18(21)9-8-16-5-4-11-24-16)13-17(14)20-10-2-3-12-25(20,22)23/h4-7,11,13H,2-3,8-10,12H2,1H3,(H,19,21). The summed E-state index contributed by atoms with van der Waals surface area (Å²) >= 11 is 0. The topological polar surface area (TPSA) is 79.6 Å². The van der Waals surface area contributed by atoms with Crippen molar-refractivity contribution < 1.29 is 17.6 Å². The van der Waals surface area contributed by atoms with Crippen LogP contribution in [0, 0.1) is 6.92 Å². The highest BCUT2D eigenvalue weighted by atomic mass is 32.2. The van der Waals surface area contributed by atoms with Gasteiger partial charge in [-0.15, -0.1) is 0 Å². The summed E-state index contributed by atoms with van der Waals surface area (Å²) in [5.41, 5.74) is 2.12. The van der Waals surface area contributed by atoms with Crippen LogP contribution in [0.15, 0.2) is 41.0 Å². The SMILES string of the molecule is Cc1ccc(NC(=O)CCc2ccco2)cc1N1CCCCS1(=O)=O. The van der Waals surface area contributed by atoms with Crippen molar-refractivity contribution in [1.29, 1.82) is 0 Å². The number of nitrogens with one attached hydrogen (secondary N) is 1. The van der Waals surface area contributed by atoms with Gasteiger partial charge in [0.15, 0.2) is 0 Å². The van der Waals surface area contributed by atoms with Gasteiger partial charge in [0, 0.05) is 25.1 Å². The number of sulfonamides is 1. The van der Waals surface area contributed by atoms with Crippen molar-refractivity contribution in [2.75, 3.05) is 21.9 Å². The molecule has 0 spiro atoms. The van der Waals surface area contributed by atoms with Crippen LogP contribution < -0.4 is 9.62 Å². The third-order valence-corrected chi connectivity index (χ3v) is 6.14. The van der Waals surface area contributed by atoms with E-state index in [0.717, 1.165) is 17.7 Å². The van der Waals surface area contributed by atoms with E-state index in [2.05, 4.69) is 5.32 Å². The molecule has 25 heavy (non-hydrogen) atoms. The largest absolute Gasteiger partial charge is 0.469 e. The van der Waals surface area contributed by atoms with E-state index in [0.29, 0.717) is 37.2 Å². The molecule has 2 aromatic rings. The third-order valence-electron chi connectivity index (χ3n) is 4.29. The highest BCUT2D eigenvalue weighted by Gasteiger charge is 2.27. The number of amides is 1. The summed E-state index contributed by atoms with van der Waals surface area (Å²) < 4.78 is 31.3. The highest BCUT2D eigenvalue weighted by Crippen LogP contribution is 2.29. The molecular weight excluding hydrogens is 340 g/mol. The summed E-state index contributed by atoms with van der Waals surface area (Å²) in [4.78, 5) is 12.1. The summed E-state index contributed by atoms with van der Waals surface area (Å²) in [6.45, 7) is 2.36. The third kappa shape index (κ3) is 4.22. The van der Waals surface area contributed by atoms with Crippen molar-refractivity contribution in [2.45, 2.75) is 32.6 Å². The van der Waals surface area contributed by atoms with Crippen molar-refractivity contribution in [1.82, 2.24) is 0 Å². The maximum Gasteiger partial charge on any atom is 0.235 e. The first-order valence-electron chi connectivity index (χ1n) is 8.39. The number of anilines is 2. The highest BCUT2D eigenvalue weighted by molar-refractivity contribution is 7.92. The van der Waals surface area contributed by atoms with Gasteiger partial charge in [-0.25, -0.2) is 8.42 Å². The van der Waals surface area contributed by atoms with Crippen LogP contribution in [-0.4, -0.2) is 26.6 Å². The Kier molecular flexibility index (Phi) is 5.13. The molecule has 1 aliphatic rings. The molecule has 0 unspecified atom stereocenters. The number of hydrogen-bond donors (Lipinski definition) is 1. The molecule has 134 valence electrons. The van der Waals surface area contributed by atoms with Crippen LogP contribution in [0.4, 0.5) is 11.4 Å². The molecule has 1 aliphatic heterocycles. The maximum absolute atomic E-state index is 12.3.